The van der Waals surface area contributed by atoms with E-state index in [1.165, 1.54) is 0 Å². The molecule has 0 radical (unpaired) electrons. The Balaban J connectivity index is 1.85. The van der Waals surface area contributed by atoms with Crippen LogP contribution in [0.1, 0.15) is 6.92 Å². The quantitative estimate of drug-likeness (QED) is 0.763. The fraction of sp³-hybridized carbons (Fsp3) is 0.200. The van der Waals surface area contributed by atoms with Crippen molar-refractivity contribution < 1.29 is 5.11 Å². The van der Waals surface area contributed by atoms with Crippen molar-refractivity contribution in [3.63, 3.8) is 0 Å². The average molecular weight is 268 g/mol. The van der Waals surface area contributed by atoms with E-state index in [1.54, 1.807) is 30.9 Å². The van der Waals surface area contributed by atoms with Crippen molar-refractivity contribution in [1.29, 1.82) is 0 Å². The minimum atomic E-state index is 0.199. The number of pyridine rings is 1. The van der Waals surface area contributed by atoms with Gasteiger partial charge < -0.3 is 15.0 Å². The number of phenolic OH excluding ortho intramolecular Hbond substituents is 1. The predicted octanol–water partition coefficient (Wildman–Crippen LogP) is 2.64. The van der Waals surface area contributed by atoms with Crippen molar-refractivity contribution in [1.82, 2.24) is 14.5 Å². The van der Waals surface area contributed by atoms with E-state index in [1.807, 2.05) is 22.9 Å². The molecular weight excluding hydrogens is 252 g/mol. The summed E-state index contributed by atoms with van der Waals surface area (Å²) in [5.41, 5.74) is 0. The Morgan fingerprint density at radius 3 is 3.00 bits per heavy atom. The number of rotatable bonds is 4. The Morgan fingerprint density at radius 2 is 2.20 bits per heavy atom. The number of benzene rings is 1. The van der Waals surface area contributed by atoms with Gasteiger partial charge in [0.1, 0.15) is 11.6 Å². The van der Waals surface area contributed by atoms with E-state index in [-0.39, 0.29) is 11.8 Å². The molecule has 102 valence electrons. The van der Waals surface area contributed by atoms with E-state index in [0.29, 0.717) is 0 Å². The fourth-order valence-corrected chi connectivity index (χ4v) is 2.26. The first-order chi connectivity index (χ1) is 9.72. The lowest BCUT2D eigenvalue weighted by Gasteiger charge is -2.16. The van der Waals surface area contributed by atoms with Crippen LogP contribution >= 0.6 is 0 Å². The SMILES string of the molecule is CC(Cn1ccnc1)Nc1nccc2ccc(O)cc12. The van der Waals surface area contributed by atoms with Crippen molar-refractivity contribution >= 4 is 16.6 Å². The van der Waals surface area contributed by atoms with Crippen molar-refractivity contribution in [3.8, 4) is 5.75 Å². The van der Waals surface area contributed by atoms with Crippen molar-refractivity contribution in [2.24, 2.45) is 0 Å². The summed E-state index contributed by atoms with van der Waals surface area (Å²) in [6.07, 6.45) is 7.26. The number of aromatic nitrogens is 3. The second-order valence-corrected chi connectivity index (χ2v) is 4.87. The zero-order chi connectivity index (χ0) is 13.9. The number of hydrogen-bond acceptors (Lipinski definition) is 4. The molecule has 2 aromatic heterocycles. The number of aromatic hydroxyl groups is 1. The highest BCUT2D eigenvalue weighted by atomic mass is 16.3. The third-order valence-corrected chi connectivity index (χ3v) is 3.18. The first-order valence-corrected chi connectivity index (χ1v) is 6.52. The van der Waals surface area contributed by atoms with Gasteiger partial charge in [0.05, 0.1) is 6.33 Å². The third-order valence-electron chi connectivity index (χ3n) is 3.18. The van der Waals surface area contributed by atoms with Crippen LogP contribution in [-0.4, -0.2) is 25.7 Å². The van der Waals surface area contributed by atoms with Gasteiger partial charge in [-0.1, -0.05) is 6.07 Å². The summed E-state index contributed by atoms with van der Waals surface area (Å²) in [6.45, 7) is 2.89. The summed E-state index contributed by atoms with van der Waals surface area (Å²) in [6, 6.07) is 7.43. The van der Waals surface area contributed by atoms with Crippen LogP contribution in [0.5, 0.6) is 5.75 Å². The number of phenols is 1. The van der Waals surface area contributed by atoms with Gasteiger partial charge >= 0.3 is 0 Å². The lowest BCUT2D eigenvalue weighted by molar-refractivity contribution is 0.476. The maximum atomic E-state index is 9.63. The highest BCUT2D eigenvalue weighted by Gasteiger charge is 2.07. The van der Waals surface area contributed by atoms with Gasteiger partial charge in [-0.05, 0) is 30.5 Å². The molecule has 5 nitrogen and oxygen atoms in total. The molecule has 0 bridgehead atoms. The van der Waals surface area contributed by atoms with E-state index in [9.17, 15) is 5.11 Å². The van der Waals surface area contributed by atoms with E-state index in [0.717, 1.165) is 23.1 Å². The molecule has 1 aromatic carbocycles. The summed E-state index contributed by atoms with van der Waals surface area (Å²) < 4.78 is 2.01. The molecule has 20 heavy (non-hydrogen) atoms. The van der Waals surface area contributed by atoms with Crippen molar-refractivity contribution in [2.75, 3.05) is 5.32 Å². The van der Waals surface area contributed by atoms with Crippen molar-refractivity contribution in [3.05, 3.63) is 49.2 Å². The minimum Gasteiger partial charge on any atom is -0.508 e. The smallest absolute Gasteiger partial charge is 0.134 e. The largest absolute Gasteiger partial charge is 0.508 e. The average Bonchev–Trinajstić information content (AvgIpc) is 2.92. The molecule has 0 aliphatic carbocycles. The number of hydrogen-bond donors (Lipinski definition) is 2. The summed E-state index contributed by atoms with van der Waals surface area (Å²) in [5, 5.41) is 15.0. The van der Waals surface area contributed by atoms with Gasteiger partial charge in [-0.25, -0.2) is 9.97 Å². The third kappa shape index (κ3) is 2.56. The Labute approximate surface area is 116 Å². The van der Waals surface area contributed by atoms with E-state index in [4.69, 9.17) is 0 Å². The van der Waals surface area contributed by atoms with Gasteiger partial charge in [0.2, 0.25) is 0 Å². The Hall–Kier alpha value is -2.56. The molecule has 0 saturated carbocycles. The monoisotopic (exact) mass is 268 g/mol. The van der Waals surface area contributed by atoms with E-state index in [2.05, 4.69) is 22.2 Å². The summed E-state index contributed by atoms with van der Waals surface area (Å²) in [7, 11) is 0. The molecule has 0 aliphatic rings. The second kappa shape index (κ2) is 5.21. The van der Waals surface area contributed by atoms with Crippen LogP contribution in [0.3, 0.4) is 0 Å². The number of nitrogens with zero attached hydrogens (tertiary/aromatic N) is 3. The maximum Gasteiger partial charge on any atom is 0.134 e. The number of anilines is 1. The maximum absolute atomic E-state index is 9.63. The van der Waals surface area contributed by atoms with E-state index >= 15 is 0 Å². The van der Waals surface area contributed by atoms with Gasteiger partial charge in [0.25, 0.3) is 0 Å². The van der Waals surface area contributed by atoms with E-state index < -0.39 is 0 Å². The van der Waals surface area contributed by atoms with Crippen LogP contribution in [0.25, 0.3) is 10.8 Å². The van der Waals surface area contributed by atoms with Crippen LogP contribution in [0, 0.1) is 0 Å². The molecule has 3 rings (SSSR count). The molecule has 0 saturated heterocycles. The Morgan fingerprint density at radius 1 is 1.30 bits per heavy atom. The zero-order valence-electron chi connectivity index (χ0n) is 11.2. The van der Waals surface area contributed by atoms with Crippen LogP contribution in [0.4, 0.5) is 5.82 Å². The summed E-state index contributed by atoms with van der Waals surface area (Å²) in [5.74, 6) is 1.03. The number of fused-ring (bicyclic) bond motifs is 1. The van der Waals surface area contributed by atoms with Gasteiger partial charge in [-0.15, -0.1) is 0 Å². The molecule has 2 heterocycles. The zero-order valence-corrected chi connectivity index (χ0v) is 11.2. The molecule has 1 atom stereocenters. The molecule has 0 aliphatic heterocycles. The molecule has 0 spiro atoms. The fourth-order valence-electron chi connectivity index (χ4n) is 2.26. The Kier molecular flexibility index (Phi) is 3.25. The lowest BCUT2D eigenvalue weighted by atomic mass is 10.1. The molecule has 0 amide bonds. The van der Waals surface area contributed by atoms with Gasteiger partial charge in [-0.2, -0.15) is 0 Å². The minimum absolute atomic E-state index is 0.199. The lowest BCUT2D eigenvalue weighted by Crippen LogP contribution is -2.22. The Bertz CT molecular complexity index is 709. The van der Waals surface area contributed by atoms with Gasteiger partial charge in [0.15, 0.2) is 0 Å². The van der Waals surface area contributed by atoms with Crippen LogP contribution in [-0.2, 0) is 6.54 Å². The topological polar surface area (TPSA) is 63.0 Å². The summed E-state index contributed by atoms with van der Waals surface area (Å²) >= 11 is 0. The highest BCUT2D eigenvalue weighted by Crippen LogP contribution is 2.25. The standard InChI is InChI=1S/C15H16N4O/c1-11(9-19-7-6-16-10-19)18-15-14-8-13(20)3-2-12(14)4-5-17-15/h2-8,10-11,20H,9H2,1H3,(H,17,18). The van der Waals surface area contributed by atoms with Crippen LogP contribution in [0.2, 0.25) is 0 Å². The normalized spacial score (nSPS) is 12.4. The van der Waals surface area contributed by atoms with Crippen LogP contribution in [0.15, 0.2) is 49.2 Å². The molecule has 0 fully saturated rings. The number of imidazole rings is 1. The molecule has 2 N–H and O–H groups in total. The van der Waals surface area contributed by atoms with Gasteiger partial charge in [0, 0.05) is 36.6 Å². The second-order valence-electron chi connectivity index (χ2n) is 4.87. The first-order valence-electron chi connectivity index (χ1n) is 6.52. The first kappa shape index (κ1) is 12.5. The van der Waals surface area contributed by atoms with Gasteiger partial charge in [-0.3, -0.25) is 0 Å². The summed E-state index contributed by atoms with van der Waals surface area (Å²) in [4.78, 5) is 8.40. The molecule has 1 unspecified atom stereocenters. The molecular formula is C15H16N4O. The van der Waals surface area contributed by atoms with Crippen LogP contribution < -0.4 is 5.32 Å². The molecule has 5 heteroatoms. The highest BCUT2D eigenvalue weighted by molar-refractivity contribution is 5.92. The number of nitrogens with one attached hydrogen (secondary N) is 1. The molecule has 3 aromatic rings. The predicted molar refractivity (Wildman–Crippen MR) is 78.7 cm³/mol. The van der Waals surface area contributed by atoms with Crippen molar-refractivity contribution in [2.45, 2.75) is 19.5 Å².